The molecule has 2 heterocycles. The van der Waals surface area contributed by atoms with Crippen molar-refractivity contribution in [1.82, 2.24) is 4.90 Å². The number of hydrogen-bond donors (Lipinski definition) is 1. The van der Waals surface area contributed by atoms with E-state index in [1.165, 1.54) is 0 Å². The van der Waals surface area contributed by atoms with Gasteiger partial charge < -0.3 is 14.6 Å². The van der Waals surface area contributed by atoms with E-state index in [0.29, 0.717) is 33.5 Å². The van der Waals surface area contributed by atoms with Gasteiger partial charge in [-0.3, -0.25) is 4.79 Å². The first-order chi connectivity index (χ1) is 12.1. The van der Waals surface area contributed by atoms with Gasteiger partial charge in [0, 0.05) is 21.3 Å². The van der Waals surface area contributed by atoms with Gasteiger partial charge in [-0.1, -0.05) is 41.4 Å². The fourth-order valence-corrected chi connectivity index (χ4v) is 3.63. The Bertz CT molecular complexity index is 905. The van der Waals surface area contributed by atoms with Gasteiger partial charge in [0.15, 0.2) is 0 Å². The molecule has 0 aliphatic carbocycles. The minimum absolute atomic E-state index is 0.105. The number of rotatable bonds is 3. The molecule has 4 nitrogen and oxygen atoms in total. The first-order valence-corrected chi connectivity index (χ1v) is 8.53. The van der Waals surface area contributed by atoms with Gasteiger partial charge in [-0.25, -0.2) is 0 Å². The van der Waals surface area contributed by atoms with Crippen molar-refractivity contribution in [2.45, 2.75) is 12.7 Å². The number of nitrogens with zero attached hydrogens (tertiary/aromatic N) is 1. The number of amides is 1. The topological polar surface area (TPSA) is 45.5 Å². The third-order valence-corrected chi connectivity index (χ3v) is 4.86. The average molecular weight is 373 g/mol. The Morgan fingerprint density at radius 3 is 2.48 bits per heavy atom. The highest BCUT2D eigenvalue weighted by Gasteiger charge is 2.35. The van der Waals surface area contributed by atoms with Crippen LogP contribution in [-0.4, -0.2) is 10.8 Å². The van der Waals surface area contributed by atoms with Crippen molar-refractivity contribution in [1.29, 1.82) is 0 Å². The minimum atomic E-state index is -0.492. The predicted molar refractivity (Wildman–Crippen MR) is 97.8 cm³/mol. The second kappa shape index (κ2) is 6.47. The smallest absolute Gasteiger partial charge is 0.258 e. The van der Waals surface area contributed by atoms with Gasteiger partial charge in [0.1, 0.15) is 11.9 Å². The number of para-hydroxylation sites is 1. The molecule has 1 atom stereocenters. The molecular formula is C19H14Cl2N2O2. The molecule has 1 N–H and O–H groups in total. The molecule has 1 aliphatic heterocycles. The lowest BCUT2D eigenvalue weighted by Gasteiger charge is -2.38. The van der Waals surface area contributed by atoms with E-state index >= 15 is 0 Å². The standard InChI is InChI=1S/C19H14Cl2N2O2/c20-14-7-3-8-15(21)17(14)18-22-16-9-2-1-6-13(16)19(24)23(18)11-12-5-4-10-25-12/h1-10,18,22H,11H2. The van der Waals surface area contributed by atoms with Gasteiger partial charge >= 0.3 is 0 Å². The number of halogens is 2. The summed E-state index contributed by atoms with van der Waals surface area (Å²) in [4.78, 5) is 14.8. The molecule has 1 unspecified atom stereocenters. The summed E-state index contributed by atoms with van der Waals surface area (Å²) >= 11 is 12.8. The van der Waals surface area contributed by atoms with Crippen molar-refractivity contribution in [3.05, 3.63) is 87.8 Å². The Balaban J connectivity index is 1.83. The summed E-state index contributed by atoms with van der Waals surface area (Å²) in [6, 6.07) is 16.3. The van der Waals surface area contributed by atoms with Gasteiger partial charge in [-0.05, 0) is 36.4 Å². The van der Waals surface area contributed by atoms with Crippen LogP contribution < -0.4 is 5.32 Å². The van der Waals surface area contributed by atoms with Gasteiger partial charge in [0.2, 0.25) is 0 Å². The summed E-state index contributed by atoms with van der Waals surface area (Å²) in [5.41, 5.74) is 2.03. The van der Waals surface area contributed by atoms with Crippen molar-refractivity contribution in [2.24, 2.45) is 0 Å². The SMILES string of the molecule is O=C1c2ccccc2NC(c2c(Cl)cccc2Cl)N1Cc1ccco1. The van der Waals surface area contributed by atoms with Crippen molar-refractivity contribution in [3.63, 3.8) is 0 Å². The number of hydrogen-bond acceptors (Lipinski definition) is 3. The molecule has 2 aromatic carbocycles. The fraction of sp³-hybridized carbons (Fsp3) is 0.105. The zero-order valence-electron chi connectivity index (χ0n) is 13.1. The molecule has 25 heavy (non-hydrogen) atoms. The van der Waals surface area contributed by atoms with Crippen LogP contribution in [0.2, 0.25) is 10.0 Å². The van der Waals surface area contributed by atoms with Crippen LogP contribution in [0.1, 0.15) is 27.8 Å². The lowest BCUT2D eigenvalue weighted by Crippen LogP contribution is -2.42. The molecule has 4 rings (SSSR count). The lowest BCUT2D eigenvalue weighted by atomic mass is 10.0. The van der Waals surface area contributed by atoms with E-state index in [4.69, 9.17) is 27.6 Å². The van der Waals surface area contributed by atoms with Crippen LogP contribution in [0.4, 0.5) is 5.69 Å². The zero-order chi connectivity index (χ0) is 17.4. The first-order valence-electron chi connectivity index (χ1n) is 7.78. The van der Waals surface area contributed by atoms with Crippen LogP contribution in [-0.2, 0) is 6.54 Å². The third kappa shape index (κ3) is 2.88. The summed E-state index contributed by atoms with van der Waals surface area (Å²) in [6.07, 6.45) is 1.09. The monoisotopic (exact) mass is 372 g/mol. The van der Waals surface area contributed by atoms with E-state index in [0.717, 1.165) is 5.69 Å². The van der Waals surface area contributed by atoms with Gasteiger partial charge in [-0.15, -0.1) is 0 Å². The molecule has 0 radical (unpaired) electrons. The highest BCUT2D eigenvalue weighted by molar-refractivity contribution is 6.36. The number of carbonyl (C=O) groups excluding carboxylic acids is 1. The van der Waals surface area contributed by atoms with Gasteiger partial charge in [0.25, 0.3) is 5.91 Å². The number of fused-ring (bicyclic) bond motifs is 1. The first kappa shape index (κ1) is 16.1. The van der Waals surface area contributed by atoms with Gasteiger partial charge in [-0.2, -0.15) is 0 Å². The van der Waals surface area contributed by atoms with E-state index < -0.39 is 6.17 Å². The maximum atomic E-state index is 13.1. The average Bonchev–Trinajstić information content (AvgIpc) is 3.11. The second-order valence-electron chi connectivity index (χ2n) is 5.74. The highest BCUT2D eigenvalue weighted by atomic mass is 35.5. The normalized spacial score (nSPS) is 16.5. The summed E-state index contributed by atoms with van der Waals surface area (Å²) in [7, 11) is 0. The Hall–Kier alpha value is -2.43. The Morgan fingerprint density at radius 1 is 1.00 bits per heavy atom. The maximum absolute atomic E-state index is 13.1. The summed E-state index contributed by atoms with van der Waals surface area (Å²) in [5, 5.41) is 4.39. The van der Waals surface area contributed by atoms with Crippen LogP contribution in [0.15, 0.2) is 65.3 Å². The fourth-order valence-electron chi connectivity index (χ4n) is 3.03. The lowest BCUT2D eigenvalue weighted by molar-refractivity contribution is 0.0651. The molecule has 0 spiro atoms. The molecule has 3 aromatic rings. The molecule has 0 saturated heterocycles. The second-order valence-corrected chi connectivity index (χ2v) is 6.55. The molecule has 0 saturated carbocycles. The van der Waals surface area contributed by atoms with E-state index in [9.17, 15) is 4.79 Å². The number of furan rings is 1. The van der Waals surface area contributed by atoms with Crippen LogP contribution in [0.5, 0.6) is 0 Å². The van der Waals surface area contributed by atoms with E-state index in [-0.39, 0.29) is 5.91 Å². The number of benzene rings is 2. The molecule has 126 valence electrons. The van der Waals surface area contributed by atoms with E-state index in [1.54, 1.807) is 41.5 Å². The molecule has 0 bridgehead atoms. The van der Waals surface area contributed by atoms with E-state index in [2.05, 4.69) is 5.32 Å². The summed E-state index contributed by atoms with van der Waals surface area (Å²) in [6.45, 7) is 0.305. The van der Waals surface area contributed by atoms with Gasteiger partial charge in [0.05, 0.1) is 18.4 Å². The van der Waals surface area contributed by atoms with Crippen LogP contribution in [0, 0.1) is 0 Å². The number of nitrogens with one attached hydrogen (secondary N) is 1. The van der Waals surface area contributed by atoms with Crippen molar-refractivity contribution in [2.75, 3.05) is 5.32 Å². The molecule has 1 aliphatic rings. The highest BCUT2D eigenvalue weighted by Crippen LogP contribution is 2.39. The van der Waals surface area contributed by atoms with Crippen LogP contribution in [0.25, 0.3) is 0 Å². The molecular weight excluding hydrogens is 359 g/mol. The van der Waals surface area contributed by atoms with Crippen molar-refractivity contribution in [3.8, 4) is 0 Å². The zero-order valence-corrected chi connectivity index (χ0v) is 14.6. The van der Waals surface area contributed by atoms with E-state index in [1.807, 2.05) is 24.3 Å². The largest absolute Gasteiger partial charge is 0.467 e. The maximum Gasteiger partial charge on any atom is 0.258 e. The quantitative estimate of drug-likeness (QED) is 0.673. The predicted octanol–water partition coefficient (Wildman–Crippen LogP) is 5.35. The Morgan fingerprint density at radius 2 is 1.76 bits per heavy atom. The summed E-state index contributed by atoms with van der Waals surface area (Å²) in [5.74, 6) is 0.578. The molecule has 0 fully saturated rings. The van der Waals surface area contributed by atoms with Crippen LogP contribution >= 0.6 is 23.2 Å². The Kier molecular flexibility index (Phi) is 4.15. The minimum Gasteiger partial charge on any atom is -0.467 e. The number of carbonyl (C=O) groups is 1. The molecule has 1 amide bonds. The van der Waals surface area contributed by atoms with Crippen molar-refractivity contribution >= 4 is 34.8 Å². The summed E-state index contributed by atoms with van der Waals surface area (Å²) < 4.78 is 5.43. The third-order valence-electron chi connectivity index (χ3n) is 4.20. The number of anilines is 1. The van der Waals surface area contributed by atoms with Crippen molar-refractivity contribution < 1.29 is 9.21 Å². The molecule has 1 aromatic heterocycles. The van der Waals surface area contributed by atoms with Crippen LogP contribution in [0.3, 0.4) is 0 Å². The Labute approximate surface area is 155 Å². The molecule has 6 heteroatoms.